The van der Waals surface area contributed by atoms with E-state index in [4.69, 9.17) is 4.52 Å². The first-order valence-electron chi connectivity index (χ1n) is 10.5. The van der Waals surface area contributed by atoms with Crippen LogP contribution in [0.4, 0.5) is 0 Å². The highest BCUT2D eigenvalue weighted by Gasteiger charge is 2.11. The maximum absolute atomic E-state index is 12.2. The van der Waals surface area contributed by atoms with Crippen molar-refractivity contribution in [1.29, 1.82) is 0 Å². The van der Waals surface area contributed by atoms with Crippen molar-refractivity contribution in [3.63, 3.8) is 0 Å². The van der Waals surface area contributed by atoms with Crippen LogP contribution in [-0.2, 0) is 24.3 Å². The van der Waals surface area contributed by atoms with Gasteiger partial charge in [0.05, 0.1) is 0 Å². The second-order valence-corrected chi connectivity index (χ2v) is 7.43. The van der Waals surface area contributed by atoms with Crippen molar-refractivity contribution >= 4 is 5.91 Å². The van der Waals surface area contributed by atoms with Gasteiger partial charge in [0.2, 0.25) is 17.6 Å². The van der Waals surface area contributed by atoms with E-state index in [1.54, 1.807) is 0 Å². The van der Waals surface area contributed by atoms with E-state index >= 15 is 0 Å². The molecule has 0 unspecified atom stereocenters. The first kappa shape index (κ1) is 21.7. The molecule has 158 valence electrons. The zero-order valence-electron chi connectivity index (χ0n) is 18.0. The molecule has 1 heterocycles. The summed E-state index contributed by atoms with van der Waals surface area (Å²) in [6.45, 7) is 9.93. The highest BCUT2D eigenvalue weighted by atomic mass is 16.5. The Hall–Kier alpha value is -2.99. The highest BCUT2D eigenvalue weighted by molar-refractivity contribution is 5.76. The Morgan fingerprint density at radius 1 is 1.00 bits per heavy atom. The van der Waals surface area contributed by atoms with Crippen molar-refractivity contribution in [2.75, 3.05) is 13.1 Å². The Morgan fingerprint density at radius 2 is 1.67 bits per heavy atom. The molecule has 0 saturated carbocycles. The lowest BCUT2D eigenvalue weighted by Gasteiger charge is -2.18. The van der Waals surface area contributed by atoms with Crippen LogP contribution in [0.2, 0.25) is 0 Å². The van der Waals surface area contributed by atoms with E-state index in [0.717, 1.165) is 30.8 Å². The van der Waals surface area contributed by atoms with Crippen LogP contribution < -0.4 is 5.32 Å². The fraction of sp³-hybridized carbons (Fsp3) is 0.375. The van der Waals surface area contributed by atoms with Gasteiger partial charge in [0, 0.05) is 31.5 Å². The molecule has 0 atom stereocenters. The first-order valence-corrected chi connectivity index (χ1v) is 10.5. The quantitative estimate of drug-likeness (QED) is 0.548. The van der Waals surface area contributed by atoms with E-state index in [-0.39, 0.29) is 5.91 Å². The van der Waals surface area contributed by atoms with Crippen LogP contribution in [0, 0.1) is 6.92 Å². The van der Waals surface area contributed by atoms with Gasteiger partial charge in [-0.25, -0.2) is 0 Å². The van der Waals surface area contributed by atoms with E-state index in [9.17, 15) is 4.79 Å². The minimum atomic E-state index is -0.0303. The lowest BCUT2D eigenvalue weighted by Crippen LogP contribution is -2.23. The minimum absolute atomic E-state index is 0.0303. The smallest absolute Gasteiger partial charge is 0.227 e. The normalized spacial score (nSPS) is 11.1. The maximum Gasteiger partial charge on any atom is 0.227 e. The Balaban J connectivity index is 1.43. The number of carbonyl (C=O) groups excluding carboxylic acids is 1. The Bertz CT molecular complexity index is 929. The van der Waals surface area contributed by atoms with Crippen LogP contribution >= 0.6 is 0 Å². The third-order valence-corrected chi connectivity index (χ3v) is 5.16. The number of rotatable bonds is 10. The number of nitrogens with zero attached hydrogens (tertiary/aromatic N) is 3. The number of aryl methyl sites for hydroxylation is 2. The minimum Gasteiger partial charge on any atom is -0.352 e. The van der Waals surface area contributed by atoms with Crippen LogP contribution in [0.5, 0.6) is 0 Å². The van der Waals surface area contributed by atoms with Crippen molar-refractivity contribution in [3.8, 4) is 11.4 Å². The lowest BCUT2D eigenvalue weighted by molar-refractivity contribution is -0.121. The standard InChI is InChI=1S/C24H30N4O2/c1-4-28(5-2)17-20-10-8-19(9-11-20)16-25-22(29)14-15-23-26-24(27-30-23)21-12-6-18(3)7-13-21/h6-13H,4-5,14-17H2,1-3H3,(H,25,29). The number of hydrogen-bond acceptors (Lipinski definition) is 5. The van der Waals surface area contributed by atoms with Crippen LogP contribution in [0.1, 0.15) is 42.8 Å². The fourth-order valence-corrected chi connectivity index (χ4v) is 3.15. The molecule has 1 aromatic heterocycles. The molecule has 1 N–H and O–H groups in total. The second-order valence-electron chi connectivity index (χ2n) is 7.43. The molecule has 2 aromatic carbocycles. The summed E-state index contributed by atoms with van der Waals surface area (Å²) in [4.78, 5) is 18.9. The first-order chi connectivity index (χ1) is 14.6. The number of aromatic nitrogens is 2. The monoisotopic (exact) mass is 406 g/mol. The van der Waals surface area contributed by atoms with Crippen molar-refractivity contribution in [2.24, 2.45) is 0 Å². The van der Waals surface area contributed by atoms with Crippen molar-refractivity contribution in [2.45, 2.75) is 46.7 Å². The molecule has 0 fully saturated rings. The van der Waals surface area contributed by atoms with Gasteiger partial charge in [0.25, 0.3) is 0 Å². The zero-order chi connectivity index (χ0) is 21.3. The van der Waals surface area contributed by atoms with Gasteiger partial charge in [0.15, 0.2) is 0 Å². The van der Waals surface area contributed by atoms with Crippen molar-refractivity contribution in [3.05, 3.63) is 71.1 Å². The average molecular weight is 407 g/mol. The average Bonchev–Trinajstić information content (AvgIpc) is 3.25. The molecular formula is C24H30N4O2. The Labute approximate surface area is 178 Å². The van der Waals surface area contributed by atoms with Gasteiger partial charge in [-0.15, -0.1) is 0 Å². The summed E-state index contributed by atoms with van der Waals surface area (Å²) < 4.78 is 5.28. The van der Waals surface area contributed by atoms with Gasteiger partial charge < -0.3 is 9.84 Å². The number of hydrogen-bond donors (Lipinski definition) is 1. The SMILES string of the molecule is CCN(CC)Cc1ccc(CNC(=O)CCc2nc(-c3ccc(C)cc3)no2)cc1. The highest BCUT2D eigenvalue weighted by Crippen LogP contribution is 2.16. The molecule has 3 rings (SSSR count). The van der Waals surface area contributed by atoms with E-state index in [1.165, 1.54) is 11.1 Å². The summed E-state index contributed by atoms with van der Waals surface area (Å²) in [6.07, 6.45) is 0.739. The molecule has 0 bridgehead atoms. The summed E-state index contributed by atoms with van der Waals surface area (Å²) in [5.41, 5.74) is 4.46. The molecule has 0 aliphatic rings. The molecule has 0 aliphatic carbocycles. The van der Waals surface area contributed by atoms with Gasteiger partial charge in [-0.2, -0.15) is 4.98 Å². The fourth-order valence-electron chi connectivity index (χ4n) is 3.15. The predicted molar refractivity (Wildman–Crippen MR) is 118 cm³/mol. The summed E-state index contributed by atoms with van der Waals surface area (Å²) in [7, 11) is 0. The summed E-state index contributed by atoms with van der Waals surface area (Å²) in [6, 6.07) is 16.4. The molecule has 0 aliphatic heterocycles. The third kappa shape index (κ3) is 6.26. The number of nitrogens with one attached hydrogen (secondary N) is 1. The molecule has 0 saturated heterocycles. The van der Waals surface area contributed by atoms with Gasteiger partial charge in [-0.05, 0) is 31.1 Å². The lowest BCUT2D eigenvalue weighted by atomic mass is 10.1. The van der Waals surface area contributed by atoms with Crippen molar-refractivity contribution < 1.29 is 9.32 Å². The van der Waals surface area contributed by atoms with Gasteiger partial charge in [-0.1, -0.05) is 73.1 Å². The summed E-state index contributed by atoms with van der Waals surface area (Å²) in [5, 5.41) is 6.96. The second kappa shape index (κ2) is 10.7. The molecule has 3 aromatic rings. The maximum atomic E-state index is 12.2. The van der Waals surface area contributed by atoms with Crippen LogP contribution in [0.25, 0.3) is 11.4 Å². The summed E-state index contributed by atoms with van der Waals surface area (Å²) in [5.74, 6) is 0.994. The van der Waals surface area contributed by atoms with Crippen molar-refractivity contribution in [1.82, 2.24) is 20.4 Å². The van der Waals surface area contributed by atoms with E-state index < -0.39 is 0 Å². The number of benzene rings is 2. The van der Waals surface area contributed by atoms with Crippen LogP contribution in [0.15, 0.2) is 53.1 Å². The molecule has 6 nitrogen and oxygen atoms in total. The Morgan fingerprint density at radius 3 is 2.33 bits per heavy atom. The van der Waals surface area contributed by atoms with Crippen LogP contribution in [0.3, 0.4) is 0 Å². The predicted octanol–water partition coefficient (Wildman–Crippen LogP) is 4.14. The van der Waals surface area contributed by atoms with Gasteiger partial charge in [-0.3, -0.25) is 9.69 Å². The van der Waals surface area contributed by atoms with E-state index in [0.29, 0.717) is 31.1 Å². The third-order valence-electron chi connectivity index (χ3n) is 5.16. The van der Waals surface area contributed by atoms with Crippen LogP contribution in [-0.4, -0.2) is 34.0 Å². The topological polar surface area (TPSA) is 71.3 Å². The number of amides is 1. The van der Waals surface area contributed by atoms with E-state index in [2.05, 4.69) is 58.5 Å². The number of carbonyl (C=O) groups is 1. The molecular weight excluding hydrogens is 376 g/mol. The van der Waals surface area contributed by atoms with E-state index in [1.807, 2.05) is 31.2 Å². The summed E-state index contributed by atoms with van der Waals surface area (Å²) >= 11 is 0. The van der Waals surface area contributed by atoms with Gasteiger partial charge in [0.1, 0.15) is 0 Å². The molecule has 0 spiro atoms. The molecule has 1 amide bonds. The largest absolute Gasteiger partial charge is 0.352 e. The molecule has 30 heavy (non-hydrogen) atoms. The Kier molecular flexibility index (Phi) is 7.74. The zero-order valence-corrected chi connectivity index (χ0v) is 18.0. The van der Waals surface area contributed by atoms with Gasteiger partial charge >= 0.3 is 0 Å². The molecule has 6 heteroatoms. The molecule has 0 radical (unpaired) electrons.